The number of rotatable bonds is 5. The predicted octanol–water partition coefficient (Wildman–Crippen LogP) is 5.35. The second kappa shape index (κ2) is 7.37. The Balaban J connectivity index is 2.51. The van der Waals surface area contributed by atoms with E-state index in [2.05, 4.69) is 5.32 Å². The highest BCUT2D eigenvalue weighted by atomic mass is 35.5. The van der Waals surface area contributed by atoms with Crippen molar-refractivity contribution < 1.29 is 4.74 Å². The number of methoxy groups -OCH3 is 1. The van der Waals surface area contributed by atoms with Gasteiger partial charge in [-0.05, 0) is 36.4 Å². The number of hydrogen-bond acceptors (Lipinski definition) is 2. The Hall–Kier alpha value is -0.930. The van der Waals surface area contributed by atoms with Crippen LogP contribution in [-0.2, 0) is 0 Å². The van der Waals surface area contributed by atoms with Crippen LogP contribution in [0.5, 0.6) is 5.75 Å². The summed E-state index contributed by atoms with van der Waals surface area (Å²) < 4.78 is 5.19. The molecule has 0 saturated heterocycles. The van der Waals surface area contributed by atoms with Crippen LogP contribution in [0.2, 0.25) is 15.1 Å². The van der Waals surface area contributed by atoms with E-state index in [1.54, 1.807) is 7.11 Å². The lowest BCUT2D eigenvalue weighted by atomic mass is 9.98. The highest BCUT2D eigenvalue weighted by Gasteiger charge is 2.20. The number of ether oxygens (including phenoxy) is 1. The summed E-state index contributed by atoms with van der Waals surface area (Å²) in [6.45, 7) is 2.80. The molecule has 0 bridgehead atoms. The third-order valence-corrected chi connectivity index (χ3v) is 4.16. The van der Waals surface area contributed by atoms with E-state index in [1.807, 2.05) is 43.3 Å². The van der Waals surface area contributed by atoms with Gasteiger partial charge < -0.3 is 10.1 Å². The van der Waals surface area contributed by atoms with Crippen molar-refractivity contribution in [3.8, 4) is 5.75 Å². The molecule has 0 fully saturated rings. The first-order valence-electron chi connectivity index (χ1n) is 6.59. The number of nitrogens with one attached hydrogen (secondary N) is 1. The summed E-state index contributed by atoms with van der Waals surface area (Å²) in [6, 6.07) is 11.0. The smallest absolute Gasteiger partial charge is 0.137 e. The normalized spacial score (nSPS) is 12.2. The molecular formula is C16H16Cl3NO. The van der Waals surface area contributed by atoms with Crippen molar-refractivity contribution in [1.29, 1.82) is 0 Å². The van der Waals surface area contributed by atoms with E-state index in [0.29, 0.717) is 20.8 Å². The van der Waals surface area contributed by atoms with E-state index >= 15 is 0 Å². The van der Waals surface area contributed by atoms with Crippen molar-refractivity contribution in [1.82, 2.24) is 5.32 Å². The maximum atomic E-state index is 6.33. The third kappa shape index (κ3) is 3.64. The summed E-state index contributed by atoms with van der Waals surface area (Å²) >= 11 is 18.9. The molecule has 1 N–H and O–H groups in total. The first-order chi connectivity index (χ1) is 10.1. The molecule has 2 nitrogen and oxygen atoms in total. The molecule has 1 unspecified atom stereocenters. The Bertz CT molecular complexity index is 611. The van der Waals surface area contributed by atoms with Crippen LogP contribution in [0.3, 0.4) is 0 Å². The Labute approximate surface area is 140 Å². The number of hydrogen-bond donors (Lipinski definition) is 1. The lowest BCUT2D eigenvalue weighted by Gasteiger charge is -2.22. The molecule has 0 radical (unpaired) electrons. The molecule has 0 heterocycles. The highest BCUT2D eigenvalue weighted by molar-refractivity contribution is 6.36. The summed E-state index contributed by atoms with van der Waals surface area (Å²) in [5.74, 6) is 0.640. The molecule has 1 atom stereocenters. The molecule has 0 aliphatic rings. The van der Waals surface area contributed by atoms with Crippen molar-refractivity contribution in [2.45, 2.75) is 13.0 Å². The topological polar surface area (TPSA) is 21.3 Å². The molecule has 112 valence electrons. The molecule has 2 aromatic rings. The van der Waals surface area contributed by atoms with E-state index in [4.69, 9.17) is 39.5 Å². The summed E-state index contributed by atoms with van der Waals surface area (Å²) in [5, 5.41) is 5.20. The fourth-order valence-electron chi connectivity index (χ4n) is 2.24. The van der Waals surface area contributed by atoms with Crippen LogP contribution in [0, 0.1) is 0 Å². The van der Waals surface area contributed by atoms with Crippen LogP contribution in [0.1, 0.15) is 24.1 Å². The highest BCUT2D eigenvalue weighted by Crippen LogP contribution is 2.36. The molecule has 21 heavy (non-hydrogen) atoms. The van der Waals surface area contributed by atoms with E-state index in [-0.39, 0.29) is 6.04 Å². The van der Waals surface area contributed by atoms with Gasteiger partial charge >= 0.3 is 0 Å². The SMILES string of the molecule is CCNC(c1ccc(OC)c(Cl)c1)c1c(Cl)cccc1Cl. The predicted molar refractivity (Wildman–Crippen MR) is 90.0 cm³/mol. The fourth-order valence-corrected chi connectivity index (χ4v) is 3.12. The van der Waals surface area contributed by atoms with E-state index in [9.17, 15) is 0 Å². The lowest BCUT2D eigenvalue weighted by molar-refractivity contribution is 0.414. The first-order valence-corrected chi connectivity index (χ1v) is 7.72. The van der Waals surface area contributed by atoms with Gasteiger partial charge in [0.2, 0.25) is 0 Å². The van der Waals surface area contributed by atoms with Gasteiger partial charge in [-0.1, -0.05) is 53.9 Å². The molecule has 0 amide bonds. The minimum atomic E-state index is -0.125. The standard InChI is InChI=1S/C16H16Cl3NO/c1-3-20-16(15-11(17)5-4-6-12(15)18)10-7-8-14(21-2)13(19)9-10/h4-9,16,20H,3H2,1-2H3. The van der Waals surface area contributed by atoms with Crippen LogP contribution >= 0.6 is 34.8 Å². The lowest BCUT2D eigenvalue weighted by Crippen LogP contribution is -2.22. The maximum Gasteiger partial charge on any atom is 0.137 e. The minimum Gasteiger partial charge on any atom is -0.495 e. The first kappa shape index (κ1) is 16.4. The zero-order valence-electron chi connectivity index (χ0n) is 11.8. The van der Waals surface area contributed by atoms with Gasteiger partial charge in [0.1, 0.15) is 5.75 Å². The van der Waals surface area contributed by atoms with Gasteiger partial charge in [0.25, 0.3) is 0 Å². The Morgan fingerprint density at radius 2 is 1.71 bits per heavy atom. The third-order valence-electron chi connectivity index (χ3n) is 3.21. The molecular weight excluding hydrogens is 329 g/mol. The van der Waals surface area contributed by atoms with E-state index < -0.39 is 0 Å². The van der Waals surface area contributed by atoms with Crippen molar-refractivity contribution in [2.75, 3.05) is 13.7 Å². The monoisotopic (exact) mass is 343 g/mol. The average Bonchev–Trinajstić information content (AvgIpc) is 2.46. The number of benzene rings is 2. The Morgan fingerprint density at radius 1 is 1.05 bits per heavy atom. The molecule has 0 aliphatic carbocycles. The van der Waals surface area contributed by atoms with Crippen LogP contribution in [-0.4, -0.2) is 13.7 Å². The molecule has 0 spiro atoms. The van der Waals surface area contributed by atoms with Gasteiger partial charge in [0, 0.05) is 15.6 Å². The van der Waals surface area contributed by atoms with Gasteiger partial charge in [-0.2, -0.15) is 0 Å². The molecule has 0 aliphatic heterocycles. The summed E-state index contributed by atoms with van der Waals surface area (Å²) in [7, 11) is 1.59. The Kier molecular flexibility index (Phi) is 5.77. The maximum absolute atomic E-state index is 6.33. The zero-order valence-corrected chi connectivity index (χ0v) is 14.1. The van der Waals surface area contributed by atoms with Gasteiger partial charge in [-0.15, -0.1) is 0 Å². The van der Waals surface area contributed by atoms with Crippen LogP contribution < -0.4 is 10.1 Å². The van der Waals surface area contributed by atoms with Crippen molar-refractivity contribution in [3.05, 3.63) is 62.6 Å². The molecule has 5 heteroatoms. The van der Waals surface area contributed by atoms with Crippen molar-refractivity contribution in [2.24, 2.45) is 0 Å². The van der Waals surface area contributed by atoms with Gasteiger partial charge in [0.15, 0.2) is 0 Å². The summed E-state index contributed by atoms with van der Waals surface area (Å²) in [4.78, 5) is 0. The van der Waals surface area contributed by atoms with Gasteiger partial charge in [-0.3, -0.25) is 0 Å². The number of halogens is 3. The van der Waals surface area contributed by atoms with Crippen molar-refractivity contribution >= 4 is 34.8 Å². The summed E-state index contributed by atoms with van der Waals surface area (Å²) in [6.07, 6.45) is 0. The second-order valence-corrected chi connectivity index (χ2v) is 5.74. The largest absolute Gasteiger partial charge is 0.495 e. The van der Waals surface area contributed by atoms with E-state index in [0.717, 1.165) is 17.7 Å². The van der Waals surface area contributed by atoms with E-state index in [1.165, 1.54) is 0 Å². The minimum absolute atomic E-state index is 0.125. The second-order valence-electron chi connectivity index (χ2n) is 4.52. The summed E-state index contributed by atoms with van der Waals surface area (Å²) in [5.41, 5.74) is 1.83. The Morgan fingerprint density at radius 3 is 2.24 bits per heavy atom. The molecule has 0 aromatic heterocycles. The molecule has 0 saturated carbocycles. The zero-order chi connectivity index (χ0) is 15.4. The van der Waals surface area contributed by atoms with Crippen LogP contribution in [0.4, 0.5) is 0 Å². The van der Waals surface area contributed by atoms with Gasteiger partial charge in [-0.25, -0.2) is 0 Å². The van der Waals surface area contributed by atoms with Crippen LogP contribution in [0.25, 0.3) is 0 Å². The van der Waals surface area contributed by atoms with Gasteiger partial charge in [0.05, 0.1) is 18.2 Å². The average molecular weight is 345 g/mol. The quantitative estimate of drug-likeness (QED) is 0.789. The molecule has 2 rings (SSSR count). The van der Waals surface area contributed by atoms with Crippen molar-refractivity contribution in [3.63, 3.8) is 0 Å². The molecule has 2 aromatic carbocycles. The van der Waals surface area contributed by atoms with Crippen LogP contribution in [0.15, 0.2) is 36.4 Å². The fraction of sp³-hybridized carbons (Fsp3) is 0.250.